The van der Waals surface area contributed by atoms with Crippen molar-refractivity contribution in [3.63, 3.8) is 0 Å². The van der Waals surface area contributed by atoms with Gasteiger partial charge in [0.25, 0.3) is 0 Å². The van der Waals surface area contributed by atoms with E-state index >= 15 is 0 Å². The molecule has 1 N–H and O–H groups in total. The van der Waals surface area contributed by atoms with Crippen molar-refractivity contribution in [2.45, 2.75) is 32.1 Å². The van der Waals surface area contributed by atoms with Gasteiger partial charge in [-0.25, -0.2) is 13.1 Å². The predicted molar refractivity (Wildman–Crippen MR) is 81.4 cm³/mol. The first-order valence-corrected chi connectivity index (χ1v) is 8.27. The number of rotatable bonds is 8. The molecule has 0 amide bonds. The van der Waals surface area contributed by atoms with Crippen LogP contribution in [0.5, 0.6) is 5.75 Å². The van der Waals surface area contributed by atoms with Crippen molar-refractivity contribution in [2.24, 2.45) is 5.92 Å². The Labute approximate surface area is 121 Å². The van der Waals surface area contributed by atoms with E-state index in [4.69, 9.17) is 4.74 Å². The zero-order valence-electron chi connectivity index (χ0n) is 12.3. The molecule has 0 saturated heterocycles. The standard InChI is InChI=1S/C15H23NO3S/c1-4-5-6-11-16-20(17,18)15-9-7-14(8-10-15)19-12-13(2)3/h4-5,7-10,13,16H,6,11-12H2,1-3H3/b5-4+. The lowest BCUT2D eigenvalue weighted by Crippen LogP contribution is -2.24. The highest BCUT2D eigenvalue weighted by Crippen LogP contribution is 2.16. The van der Waals surface area contributed by atoms with Crippen molar-refractivity contribution >= 4 is 10.0 Å². The molecule has 0 atom stereocenters. The molecule has 0 saturated carbocycles. The molecule has 0 aliphatic rings. The highest BCUT2D eigenvalue weighted by Gasteiger charge is 2.12. The van der Waals surface area contributed by atoms with Crippen molar-refractivity contribution in [1.29, 1.82) is 0 Å². The molecular weight excluding hydrogens is 274 g/mol. The maximum Gasteiger partial charge on any atom is 0.240 e. The summed E-state index contributed by atoms with van der Waals surface area (Å²) >= 11 is 0. The van der Waals surface area contributed by atoms with Crippen LogP contribution in [0.1, 0.15) is 27.2 Å². The van der Waals surface area contributed by atoms with Crippen LogP contribution in [0, 0.1) is 5.92 Å². The van der Waals surface area contributed by atoms with E-state index in [1.54, 1.807) is 24.3 Å². The minimum absolute atomic E-state index is 0.259. The highest BCUT2D eigenvalue weighted by atomic mass is 32.2. The quantitative estimate of drug-likeness (QED) is 0.593. The number of sulfonamides is 1. The molecule has 20 heavy (non-hydrogen) atoms. The van der Waals surface area contributed by atoms with Gasteiger partial charge in [0.1, 0.15) is 5.75 Å². The van der Waals surface area contributed by atoms with E-state index in [1.807, 2.05) is 19.1 Å². The molecule has 0 unspecified atom stereocenters. The van der Waals surface area contributed by atoms with Gasteiger partial charge >= 0.3 is 0 Å². The Balaban J connectivity index is 2.62. The second kappa shape index (κ2) is 8.07. The van der Waals surface area contributed by atoms with E-state index in [-0.39, 0.29) is 4.90 Å². The molecule has 1 rings (SSSR count). The zero-order chi connectivity index (χ0) is 15.0. The largest absolute Gasteiger partial charge is 0.493 e. The Hall–Kier alpha value is -1.33. The van der Waals surface area contributed by atoms with E-state index in [1.165, 1.54) is 0 Å². The third-order valence-corrected chi connectivity index (χ3v) is 4.03. The third-order valence-electron chi connectivity index (χ3n) is 2.56. The molecule has 112 valence electrons. The van der Waals surface area contributed by atoms with Gasteiger partial charge < -0.3 is 4.74 Å². The van der Waals surface area contributed by atoms with Crippen LogP contribution in [-0.4, -0.2) is 21.6 Å². The number of allylic oxidation sites excluding steroid dienone is 1. The van der Waals surface area contributed by atoms with Gasteiger partial charge in [0.15, 0.2) is 0 Å². The number of hydrogen-bond acceptors (Lipinski definition) is 3. The van der Waals surface area contributed by atoms with Crippen LogP contribution in [0.3, 0.4) is 0 Å². The van der Waals surface area contributed by atoms with Crippen LogP contribution in [0.25, 0.3) is 0 Å². The molecule has 0 radical (unpaired) electrons. The van der Waals surface area contributed by atoms with Crippen molar-refractivity contribution in [3.8, 4) is 5.75 Å². The Morgan fingerprint density at radius 1 is 1.25 bits per heavy atom. The fourth-order valence-corrected chi connectivity index (χ4v) is 2.55. The maximum absolute atomic E-state index is 12.0. The summed E-state index contributed by atoms with van der Waals surface area (Å²) in [4.78, 5) is 0.259. The summed E-state index contributed by atoms with van der Waals surface area (Å²) in [6, 6.07) is 6.49. The smallest absolute Gasteiger partial charge is 0.240 e. The third kappa shape index (κ3) is 5.75. The SMILES string of the molecule is C/C=C/CCNS(=O)(=O)c1ccc(OCC(C)C)cc1. The van der Waals surface area contributed by atoms with Gasteiger partial charge in [-0.1, -0.05) is 26.0 Å². The van der Waals surface area contributed by atoms with E-state index < -0.39 is 10.0 Å². The summed E-state index contributed by atoms with van der Waals surface area (Å²) in [5.41, 5.74) is 0. The number of nitrogens with one attached hydrogen (secondary N) is 1. The van der Waals surface area contributed by atoms with Crippen LogP contribution in [-0.2, 0) is 10.0 Å². The van der Waals surface area contributed by atoms with Crippen molar-refractivity contribution in [1.82, 2.24) is 4.72 Å². The first-order chi connectivity index (χ1) is 9.45. The van der Waals surface area contributed by atoms with Crippen molar-refractivity contribution < 1.29 is 13.2 Å². The molecule has 1 aromatic rings. The molecule has 0 aromatic heterocycles. The van der Waals surface area contributed by atoms with E-state index in [9.17, 15) is 8.42 Å². The van der Waals surface area contributed by atoms with Crippen LogP contribution in [0.2, 0.25) is 0 Å². The molecule has 0 aliphatic heterocycles. The molecule has 0 aliphatic carbocycles. The molecule has 0 spiro atoms. The summed E-state index contributed by atoms with van der Waals surface area (Å²) in [6.07, 6.45) is 4.51. The Kier molecular flexibility index (Phi) is 6.75. The minimum atomic E-state index is -3.43. The minimum Gasteiger partial charge on any atom is -0.493 e. The Morgan fingerprint density at radius 3 is 2.45 bits per heavy atom. The van der Waals surface area contributed by atoms with Crippen molar-refractivity contribution in [2.75, 3.05) is 13.2 Å². The van der Waals surface area contributed by atoms with Gasteiger partial charge in [-0.3, -0.25) is 0 Å². The first kappa shape index (κ1) is 16.7. The van der Waals surface area contributed by atoms with Gasteiger partial charge in [-0.2, -0.15) is 0 Å². The van der Waals surface area contributed by atoms with Crippen LogP contribution in [0.4, 0.5) is 0 Å². The summed E-state index contributed by atoms with van der Waals surface area (Å²) in [6.45, 7) is 7.05. The lowest BCUT2D eigenvalue weighted by Gasteiger charge is -2.10. The van der Waals surface area contributed by atoms with Crippen LogP contribution < -0.4 is 9.46 Å². The normalized spacial score (nSPS) is 12.2. The van der Waals surface area contributed by atoms with E-state index in [0.29, 0.717) is 31.2 Å². The Morgan fingerprint density at radius 2 is 1.90 bits per heavy atom. The maximum atomic E-state index is 12.0. The van der Waals surface area contributed by atoms with Gasteiger partial charge in [0, 0.05) is 6.54 Å². The fourth-order valence-electron chi connectivity index (χ4n) is 1.50. The topological polar surface area (TPSA) is 55.4 Å². The molecular formula is C15H23NO3S. The monoisotopic (exact) mass is 297 g/mol. The zero-order valence-corrected chi connectivity index (χ0v) is 13.1. The molecule has 0 fully saturated rings. The molecule has 5 heteroatoms. The molecule has 0 bridgehead atoms. The summed E-state index contributed by atoms with van der Waals surface area (Å²) in [5.74, 6) is 1.12. The van der Waals surface area contributed by atoms with Gasteiger partial charge in [0.05, 0.1) is 11.5 Å². The van der Waals surface area contributed by atoms with Crippen molar-refractivity contribution in [3.05, 3.63) is 36.4 Å². The lowest BCUT2D eigenvalue weighted by molar-refractivity contribution is 0.271. The molecule has 1 aromatic carbocycles. The number of hydrogen-bond donors (Lipinski definition) is 1. The summed E-state index contributed by atoms with van der Waals surface area (Å²) in [7, 11) is -3.43. The lowest BCUT2D eigenvalue weighted by atomic mass is 10.2. The van der Waals surface area contributed by atoms with E-state index in [2.05, 4.69) is 18.6 Å². The Bertz CT molecular complexity index is 519. The second-order valence-electron chi connectivity index (χ2n) is 4.93. The summed E-state index contributed by atoms with van der Waals surface area (Å²) < 4.78 is 32.1. The van der Waals surface area contributed by atoms with Crippen LogP contribution in [0.15, 0.2) is 41.3 Å². The molecule has 4 nitrogen and oxygen atoms in total. The average molecular weight is 297 g/mol. The van der Waals surface area contributed by atoms with Gasteiger partial charge in [-0.05, 0) is 43.5 Å². The fraction of sp³-hybridized carbons (Fsp3) is 0.467. The average Bonchev–Trinajstić information content (AvgIpc) is 2.42. The molecule has 0 heterocycles. The van der Waals surface area contributed by atoms with Gasteiger partial charge in [-0.15, -0.1) is 0 Å². The summed E-state index contributed by atoms with van der Waals surface area (Å²) in [5, 5.41) is 0. The first-order valence-electron chi connectivity index (χ1n) is 6.79. The predicted octanol–water partition coefficient (Wildman–Crippen LogP) is 2.97. The van der Waals surface area contributed by atoms with E-state index in [0.717, 1.165) is 0 Å². The number of benzene rings is 1. The highest BCUT2D eigenvalue weighted by molar-refractivity contribution is 7.89. The van der Waals surface area contributed by atoms with Crippen LogP contribution >= 0.6 is 0 Å². The van der Waals surface area contributed by atoms with Gasteiger partial charge in [0.2, 0.25) is 10.0 Å². The second-order valence-corrected chi connectivity index (χ2v) is 6.70. The number of ether oxygens (including phenoxy) is 1.